The van der Waals surface area contributed by atoms with Gasteiger partial charge in [-0.05, 0) is 24.3 Å². The average molecular weight is 383 g/mol. The van der Waals surface area contributed by atoms with E-state index in [1.54, 1.807) is 23.2 Å². The van der Waals surface area contributed by atoms with Crippen LogP contribution in [-0.2, 0) is 10.4 Å². The van der Waals surface area contributed by atoms with Crippen molar-refractivity contribution in [3.8, 4) is 0 Å². The third-order valence-electron chi connectivity index (χ3n) is 4.48. The molecule has 0 spiro atoms. The molecule has 1 unspecified atom stereocenters. The van der Waals surface area contributed by atoms with Crippen molar-refractivity contribution in [1.29, 1.82) is 0 Å². The Bertz CT molecular complexity index is 978. The number of aromatic nitrogens is 1. The number of fused-ring (bicyclic) bond motifs is 2. The van der Waals surface area contributed by atoms with Gasteiger partial charge in [0.05, 0.1) is 5.69 Å². The van der Waals surface area contributed by atoms with Gasteiger partial charge in [-0.2, -0.15) is 0 Å². The molecule has 1 aromatic heterocycles. The number of rotatable bonds is 3. The Balaban J connectivity index is 2.01. The molecule has 2 heterocycles. The molecule has 4 nitrogen and oxygen atoms in total. The Morgan fingerprint density at radius 1 is 1.25 bits per heavy atom. The third kappa shape index (κ3) is 1.92. The molecule has 0 saturated carbocycles. The van der Waals surface area contributed by atoms with Crippen LogP contribution in [0.15, 0.2) is 65.8 Å². The van der Waals surface area contributed by atoms with E-state index in [0.29, 0.717) is 23.4 Å². The molecule has 2 N–H and O–H groups in total. The van der Waals surface area contributed by atoms with E-state index in [9.17, 15) is 9.90 Å². The third-order valence-corrected chi connectivity index (χ3v) is 4.98. The van der Waals surface area contributed by atoms with Gasteiger partial charge in [-0.3, -0.25) is 4.79 Å². The van der Waals surface area contributed by atoms with Crippen LogP contribution in [0.3, 0.4) is 0 Å². The van der Waals surface area contributed by atoms with E-state index in [1.165, 1.54) is 0 Å². The van der Waals surface area contributed by atoms with Crippen molar-refractivity contribution >= 4 is 38.4 Å². The Morgan fingerprint density at radius 2 is 2.04 bits per heavy atom. The maximum atomic E-state index is 13.1. The van der Waals surface area contributed by atoms with Gasteiger partial charge in [0.15, 0.2) is 5.60 Å². The van der Waals surface area contributed by atoms with Crippen LogP contribution in [0.2, 0.25) is 0 Å². The summed E-state index contributed by atoms with van der Waals surface area (Å²) >= 11 is 3.44. The predicted molar refractivity (Wildman–Crippen MR) is 98.0 cm³/mol. The molecule has 5 heteroatoms. The fraction of sp³-hybridized carbons (Fsp3) is 0.105. The number of nitrogens with one attached hydrogen (secondary N) is 1. The van der Waals surface area contributed by atoms with Crippen LogP contribution in [0.1, 0.15) is 11.1 Å². The van der Waals surface area contributed by atoms with Gasteiger partial charge in [-0.15, -0.1) is 6.58 Å². The van der Waals surface area contributed by atoms with Crippen LogP contribution in [-0.4, -0.2) is 22.5 Å². The number of anilines is 1. The Hall–Kier alpha value is -2.37. The van der Waals surface area contributed by atoms with Crippen molar-refractivity contribution in [3.63, 3.8) is 0 Å². The number of hydrogen-bond acceptors (Lipinski definition) is 2. The van der Waals surface area contributed by atoms with Gasteiger partial charge < -0.3 is 15.0 Å². The molecule has 0 saturated heterocycles. The predicted octanol–water partition coefficient (Wildman–Crippen LogP) is 3.70. The van der Waals surface area contributed by atoms with Gasteiger partial charge in [0.2, 0.25) is 0 Å². The molecule has 3 aromatic rings. The summed E-state index contributed by atoms with van der Waals surface area (Å²) in [6.45, 7) is 4.06. The highest BCUT2D eigenvalue weighted by molar-refractivity contribution is 9.10. The van der Waals surface area contributed by atoms with Crippen LogP contribution in [0, 0.1) is 0 Å². The van der Waals surface area contributed by atoms with Crippen LogP contribution in [0.25, 0.3) is 10.9 Å². The van der Waals surface area contributed by atoms with Crippen LogP contribution >= 0.6 is 15.9 Å². The number of amides is 1. The second kappa shape index (κ2) is 5.33. The van der Waals surface area contributed by atoms with Crippen molar-refractivity contribution in [2.24, 2.45) is 0 Å². The zero-order valence-corrected chi connectivity index (χ0v) is 14.4. The van der Waals surface area contributed by atoms with E-state index in [1.807, 2.05) is 36.4 Å². The number of nitrogens with zero attached hydrogens (tertiary/aromatic N) is 1. The molecule has 1 aliphatic heterocycles. The second-order valence-electron chi connectivity index (χ2n) is 5.82. The molecule has 120 valence electrons. The lowest BCUT2D eigenvalue weighted by molar-refractivity contribution is -0.131. The summed E-state index contributed by atoms with van der Waals surface area (Å²) in [6.07, 6.45) is 3.37. The molecular formula is C19H15BrN2O2. The van der Waals surface area contributed by atoms with E-state index >= 15 is 0 Å². The minimum Gasteiger partial charge on any atom is -0.372 e. The summed E-state index contributed by atoms with van der Waals surface area (Å²) in [5.74, 6) is -0.361. The average Bonchev–Trinajstić information content (AvgIpc) is 3.10. The molecule has 2 aromatic carbocycles. The monoisotopic (exact) mass is 382 g/mol. The normalized spacial score (nSPS) is 19.8. The highest BCUT2D eigenvalue weighted by atomic mass is 79.9. The lowest BCUT2D eigenvalue weighted by Crippen LogP contribution is -2.41. The number of carbonyl (C=O) groups excluding carboxylic acids is 1. The summed E-state index contributed by atoms with van der Waals surface area (Å²) in [7, 11) is 0. The minimum atomic E-state index is -1.72. The first-order chi connectivity index (χ1) is 11.6. The van der Waals surface area contributed by atoms with Crippen molar-refractivity contribution in [3.05, 3.63) is 76.9 Å². The largest absolute Gasteiger partial charge is 0.372 e. The molecule has 0 aliphatic carbocycles. The number of carbonyl (C=O) groups is 1. The standard InChI is InChI=1S/C19H15BrN2O2/c1-2-9-22-17-8-7-12(20)10-14(17)19(24,18(22)23)15-11-21-16-6-4-3-5-13(15)16/h2-8,10-11,21,24H,1,9H2. The number of para-hydroxylation sites is 1. The molecule has 1 atom stereocenters. The van der Waals surface area contributed by atoms with E-state index in [-0.39, 0.29) is 5.91 Å². The summed E-state index contributed by atoms with van der Waals surface area (Å²) in [5, 5.41) is 12.4. The molecule has 24 heavy (non-hydrogen) atoms. The number of halogens is 1. The maximum Gasteiger partial charge on any atom is 0.268 e. The first kappa shape index (κ1) is 15.2. The smallest absolute Gasteiger partial charge is 0.268 e. The number of hydrogen-bond donors (Lipinski definition) is 2. The molecule has 0 radical (unpaired) electrons. The van der Waals surface area contributed by atoms with Crippen molar-refractivity contribution in [2.75, 3.05) is 11.4 Å². The summed E-state index contributed by atoms with van der Waals surface area (Å²) in [5.41, 5.74) is 1.01. The number of benzene rings is 2. The van der Waals surface area contributed by atoms with E-state index in [4.69, 9.17) is 0 Å². The molecule has 0 fully saturated rings. The van der Waals surface area contributed by atoms with Gasteiger partial charge in [-0.1, -0.05) is 40.2 Å². The van der Waals surface area contributed by atoms with Gasteiger partial charge >= 0.3 is 0 Å². The topological polar surface area (TPSA) is 56.3 Å². The van der Waals surface area contributed by atoms with Crippen molar-refractivity contribution in [1.82, 2.24) is 4.98 Å². The van der Waals surface area contributed by atoms with Gasteiger partial charge in [-0.25, -0.2) is 0 Å². The number of H-pyrrole nitrogens is 1. The van der Waals surface area contributed by atoms with Gasteiger partial charge in [0.25, 0.3) is 5.91 Å². The molecular weight excluding hydrogens is 368 g/mol. The summed E-state index contributed by atoms with van der Waals surface area (Å²) < 4.78 is 0.813. The first-order valence-corrected chi connectivity index (χ1v) is 8.38. The highest BCUT2D eigenvalue weighted by Gasteiger charge is 2.51. The van der Waals surface area contributed by atoms with E-state index in [2.05, 4.69) is 27.5 Å². The quantitative estimate of drug-likeness (QED) is 0.678. The first-order valence-electron chi connectivity index (χ1n) is 7.59. The Labute approximate surface area is 147 Å². The fourth-order valence-corrected chi connectivity index (χ4v) is 3.76. The lowest BCUT2D eigenvalue weighted by Gasteiger charge is -2.22. The minimum absolute atomic E-state index is 0.345. The van der Waals surface area contributed by atoms with Crippen LogP contribution in [0.4, 0.5) is 5.69 Å². The van der Waals surface area contributed by atoms with Crippen molar-refractivity contribution < 1.29 is 9.90 Å². The molecule has 1 aliphatic rings. The fourth-order valence-electron chi connectivity index (χ4n) is 3.39. The highest BCUT2D eigenvalue weighted by Crippen LogP contribution is 2.47. The Morgan fingerprint density at radius 3 is 2.83 bits per heavy atom. The second-order valence-corrected chi connectivity index (χ2v) is 6.74. The van der Waals surface area contributed by atoms with Gasteiger partial charge in [0.1, 0.15) is 0 Å². The summed E-state index contributed by atoms with van der Waals surface area (Å²) in [4.78, 5) is 17.8. The van der Waals surface area contributed by atoms with E-state index in [0.717, 1.165) is 15.4 Å². The zero-order valence-electron chi connectivity index (χ0n) is 12.8. The SMILES string of the molecule is C=CCN1C(=O)C(O)(c2c[nH]c3ccccc23)c2cc(Br)ccc21. The van der Waals surface area contributed by atoms with Crippen LogP contribution < -0.4 is 4.90 Å². The van der Waals surface area contributed by atoms with Crippen molar-refractivity contribution in [2.45, 2.75) is 5.60 Å². The zero-order chi connectivity index (χ0) is 16.9. The number of aromatic amines is 1. The molecule has 1 amide bonds. The van der Waals surface area contributed by atoms with Gasteiger partial charge in [0, 0.05) is 39.2 Å². The number of aliphatic hydroxyl groups is 1. The maximum absolute atomic E-state index is 13.1. The Kier molecular flexibility index (Phi) is 3.37. The lowest BCUT2D eigenvalue weighted by atomic mass is 9.87. The van der Waals surface area contributed by atoms with E-state index < -0.39 is 5.60 Å². The summed E-state index contributed by atoms with van der Waals surface area (Å²) in [6, 6.07) is 13.1. The molecule has 0 bridgehead atoms. The van der Waals surface area contributed by atoms with Crippen LogP contribution in [0.5, 0.6) is 0 Å². The molecule has 4 rings (SSSR count).